The maximum atomic E-state index is 6.80. The van der Waals surface area contributed by atoms with Crippen molar-refractivity contribution in [3.05, 3.63) is 42.7 Å². The van der Waals surface area contributed by atoms with Crippen LogP contribution in [0.5, 0.6) is 5.75 Å². The average molecular weight is 218 g/mol. The Labute approximate surface area is 87.6 Å². The number of ether oxygens (including phenoxy) is 1. The molecule has 0 saturated heterocycles. The van der Waals surface area contributed by atoms with E-state index >= 15 is 0 Å². The Kier molecular flexibility index (Phi) is 2.25. The van der Waals surface area contributed by atoms with Crippen molar-refractivity contribution in [2.24, 2.45) is 0 Å². The van der Waals surface area contributed by atoms with Crippen molar-refractivity contribution < 1.29 is 19.1 Å². The zero-order valence-corrected chi connectivity index (χ0v) is 8.43. The maximum Gasteiger partial charge on any atom is 0.497 e. The quantitative estimate of drug-likeness (QED) is 0.452. The van der Waals surface area contributed by atoms with Gasteiger partial charge in [-0.1, -0.05) is 18.7 Å². The molecule has 76 valence electrons. The lowest BCUT2D eigenvalue weighted by molar-refractivity contribution is 0.227. The van der Waals surface area contributed by atoms with E-state index < -0.39 is 8.80 Å². The summed E-state index contributed by atoms with van der Waals surface area (Å²) in [6.45, 7) is 3.43. The van der Waals surface area contributed by atoms with E-state index in [2.05, 4.69) is 21.0 Å². The van der Waals surface area contributed by atoms with Crippen LogP contribution < -0.4 is 4.74 Å². The Morgan fingerprint density at radius 3 is 2.50 bits per heavy atom. The van der Waals surface area contributed by atoms with Gasteiger partial charge in [-0.2, -0.15) is 0 Å². The van der Waals surface area contributed by atoms with E-state index in [9.17, 15) is 0 Å². The first-order chi connectivity index (χ1) is 8.19. The van der Waals surface area contributed by atoms with Crippen molar-refractivity contribution in [3.8, 4) is 5.75 Å². The second-order valence-electron chi connectivity index (χ2n) is 2.79. The van der Waals surface area contributed by atoms with E-state index in [0.29, 0.717) is 5.75 Å². The Morgan fingerprint density at radius 2 is 2.00 bits per heavy atom. The molecule has 0 aliphatic carbocycles. The van der Waals surface area contributed by atoms with Crippen LogP contribution in [-0.4, -0.2) is 27.5 Å². The first kappa shape index (κ1) is 7.19. The second kappa shape index (κ2) is 4.38. The van der Waals surface area contributed by atoms with Crippen LogP contribution in [0.1, 0.15) is 5.56 Å². The van der Waals surface area contributed by atoms with Gasteiger partial charge in [0, 0.05) is 6.04 Å². The molecule has 1 aromatic carbocycles. The lowest BCUT2D eigenvalue weighted by Crippen LogP contribution is -2.37. The third-order valence-corrected chi connectivity index (χ3v) is 2.40. The van der Waals surface area contributed by atoms with Crippen LogP contribution in [0, 0.1) is 0 Å². The average Bonchev–Trinajstić information content (AvgIpc) is 2.39. The van der Waals surface area contributed by atoms with Gasteiger partial charge in [-0.05, 0) is 17.7 Å². The van der Waals surface area contributed by atoms with E-state index in [0.717, 1.165) is 5.56 Å². The summed E-state index contributed by atoms with van der Waals surface area (Å²) < 4.78 is 25.4. The summed E-state index contributed by atoms with van der Waals surface area (Å²) >= 11 is 0. The highest BCUT2D eigenvalue weighted by atomic mass is 28.4. The molecule has 4 nitrogen and oxygen atoms in total. The van der Waals surface area contributed by atoms with E-state index in [4.69, 9.17) is 9.03 Å². The first-order valence-electron chi connectivity index (χ1n) is 5.21. The normalized spacial score (nSPS) is 13.9. The van der Waals surface area contributed by atoms with Gasteiger partial charge in [0.2, 0.25) is 0 Å². The molecule has 0 aromatic heterocycles. The first-order valence-corrected chi connectivity index (χ1v) is 5.92. The van der Waals surface area contributed by atoms with Crippen molar-refractivity contribution in [3.63, 3.8) is 0 Å². The molecule has 0 unspecified atom stereocenters. The zero-order chi connectivity index (χ0) is 12.7. The topological polar surface area (TPSA) is 69.9 Å². The molecule has 0 spiro atoms. The van der Waals surface area contributed by atoms with Gasteiger partial charge in [0.25, 0.3) is 0 Å². The van der Waals surface area contributed by atoms with Crippen LogP contribution in [0.2, 0.25) is 0 Å². The molecule has 0 saturated carbocycles. The number of benzene rings is 1. The minimum atomic E-state index is -3.56. The van der Waals surface area contributed by atoms with Gasteiger partial charge in [0.05, 0.1) is 6.26 Å². The molecule has 0 aliphatic heterocycles. The smallest absolute Gasteiger partial charge is 0.466 e. The van der Waals surface area contributed by atoms with Crippen LogP contribution in [-0.2, 0) is 6.04 Å². The summed E-state index contributed by atoms with van der Waals surface area (Å²) in [5.41, 5.74) is 0.722. The van der Waals surface area contributed by atoms with E-state index in [1.54, 1.807) is 24.3 Å². The van der Waals surface area contributed by atoms with Gasteiger partial charge in [-0.3, -0.25) is 0 Å². The Balaban J connectivity index is 2.76. The highest BCUT2D eigenvalue weighted by Crippen LogP contribution is 2.13. The Bertz CT molecular complexity index is 347. The van der Waals surface area contributed by atoms with Crippen LogP contribution >= 0.6 is 0 Å². The molecule has 1 rings (SSSR count). The van der Waals surface area contributed by atoms with Crippen molar-refractivity contribution >= 4 is 8.80 Å². The highest BCUT2D eigenvalue weighted by Gasteiger charge is 2.26. The zero-order valence-electron chi connectivity index (χ0n) is 10.4. The molecule has 1 aromatic rings. The van der Waals surface area contributed by atoms with Gasteiger partial charge >= 0.3 is 8.80 Å². The summed E-state index contributed by atoms with van der Waals surface area (Å²) in [7, 11) is -3.56. The number of rotatable bonds is 7. The SMILES string of the molecule is [3H]O[Si](Cc1ccc(OC=C)cc1)(O[3H])O[3H]. The van der Waals surface area contributed by atoms with Gasteiger partial charge in [0.1, 0.15) is 5.75 Å². The third kappa shape index (κ3) is 3.71. The molecule has 0 amide bonds. The largest absolute Gasteiger partial charge is 0.497 e. The predicted molar refractivity (Wildman–Crippen MR) is 53.4 cm³/mol. The Morgan fingerprint density at radius 1 is 1.36 bits per heavy atom. The Hall–Kier alpha value is -1.14. The summed E-state index contributed by atoms with van der Waals surface area (Å²) in [4.78, 5) is 12.7. The van der Waals surface area contributed by atoms with E-state index in [1.165, 1.54) is 6.26 Å². The van der Waals surface area contributed by atoms with Gasteiger partial charge < -0.3 is 19.1 Å². The van der Waals surface area contributed by atoms with Crippen molar-refractivity contribution in [2.75, 3.05) is 0 Å². The molecule has 0 heterocycles. The minimum Gasteiger partial charge on any atom is -0.466 e. The molecular weight excluding hydrogens is 200 g/mol. The van der Waals surface area contributed by atoms with Crippen molar-refractivity contribution in [1.82, 2.24) is 0 Å². The molecule has 5 heteroatoms. The van der Waals surface area contributed by atoms with Crippen molar-refractivity contribution in [2.45, 2.75) is 6.04 Å². The van der Waals surface area contributed by atoms with Crippen molar-refractivity contribution in [1.29, 1.82) is 4.29 Å². The maximum absolute atomic E-state index is 6.80. The monoisotopic (exact) mass is 218 g/mol. The molecule has 0 bridgehead atoms. The van der Waals surface area contributed by atoms with Gasteiger partial charge in [-0.15, -0.1) is 0 Å². The number of hydrogen-bond acceptors (Lipinski definition) is 4. The van der Waals surface area contributed by atoms with Crippen LogP contribution in [0.15, 0.2) is 37.1 Å². The lowest BCUT2D eigenvalue weighted by atomic mass is 10.2. The fourth-order valence-corrected chi connectivity index (χ4v) is 1.77. The van der Waals surface area contributed by atoms with Crippen LogP contribution in [0.4, 0.5) is 0 Å². The molecule has 0 radical (unpaired) electrons. The summed E-state index contributed by atoms with van der Waals surface area (Å²) in [6, 6.07) is 6.86. The summed E-state index contributed by atoms with van der Waals surface area (Å²) in [6.07, 6.45) is 1.31. The van der Waals surface area contributed by atoms with E-state index in [-0.39, 0.29) is 6.04 Å². The highest BCUT2D eigenvalue weighted by molar-refractivity contribution is 6.55. The molecule has 14 heavy (non-hydrogen) atoms. The van der Waals surface area contributed by atoms with Crippen LogP contribution in [0.3, 0.4) is 0 Å². The fourth-order valence-electron chi connectivity index (χ4n) is 1.03. The molecule has 0 fully saturated rings. The molecule has 0 atom stereocenters. The summed E-state index contributed by atoms with van der Waals surface area (Å²) in [5, 5.41) is 0. The molecule has 3 N–H and O–H groups in total. The standard InChI is InChI=1S/C9H12O4Si/c1-2-13-9-5-3-8(4-6-9)7-14(10,11)12/h2-6,10-12H,1,7H2/i10T,11T,12T. The van der Waals surface area contributed by atoms with Gasteiger partial charge in [-0.25, -0.2) is 0 Å². The van der Waals surface area contributed by atoms with E-state index in [1.807, 2.05) is 0 Å². The number of hydrogen-bond donors (Lipinski definition) is 3. The van der Waals surface area contributed by atoms with Gasteiger partial charge in [0.15, 0.2) is 4.29 Å². The fraction of sp³-hybridized carbons (Fsp3) is 0.111. The minimum absolute atomic E-state index is 0.0673. The predicted octanol–water partition coefficient (Wildman–Crippen LogP) is 0.206. The molecular formula is C9H12O4Si. The second-order valence-corrected chi connectivity index (χ2v) is 4.51. The third-order valence-electron chi connectivity index (χ3n) is 1.56. The summed E-state index contributed by atoms with van der Waals surface area (Å²) in [5.74, 6) is 0.612. The van der Waals surface area contributed by atoms with Crippen LogP contribution in [0.25, 0.3) is 0 Å². The molecule has 0 aliphatic rings. The lowest BCUT2D eigenvalue weighted by Gasteiger charge is -2.09.